The van der Waals surface area contributed by atoms with Crippen LogP contribution in [-0.2, 0) is 19.1 Å². The number of Topliss-reactive ketones (excluding diaryl/α,β-unsaturated/α-hetero) is 2. The highest BCUT2D eigenvalue weighted by molar-refractivity contribution is 6.04. The molecule has 0 spiro atoms. The zero-order chi connectivity index (χ0) is 10.7. The molecule has 4 nitrogen and oxygen atoms in total. The van der Waals surface area contributed by atoms with Crippen molar-refractivity contribution in [2.75, 3.05) is 6.61 Å². The molecule has 0 aliphatic heterocycles. The molecule has 0 N–H and O–H groups in total. The Balaban J connectivity index is 2.58. The fourth-order valence-corrected chi connectivity index (χ4v) is 1.72. The van der Waals surface area contributed by atoms with Gasteiger partial charge in [-0.1, -0.05) is 0 Å². The molecule has 0 saturated heterocycles. The summed E-state index contributed by atoms with van der Waals surface area (Å²) in [6.45, 7) is 3.42. The highest BCUT2D eigenvalue weighted by Crippen LogP contribution is 2.29. The van der Waals surface area contributed by atoms with Gasteiger partial charge in [0, 0.05) is 6.42 Å². The number of hydrogen-bond acceptors (Lipinski definition) is 4. The summed E-state index contributed by atoms with van der Waals surface area (Å²) in [5.74, 6) is -1.62. The van der Waals surface area contributed by atoms with Crippen molar-refractivity contribution in [2.24, 2.45) is 11.8 Å². The summed E-state index contributed by atoms with van der Waals surface area (Å²) >= 11 is 0. The molecule has 1 saturated carbocycles. The van der Waals surface area contributed by atoms with Crippen molar-refractivity contribution in [3.8, 4) is 0 Å². The van der Waals surface area contributed by atoms with Gasteiger partial charge in [-0.2, -0.15) is 0 Å². The Bertz CT molecular complexity index is 269. The molecule has 0 heterocycles. The van der Waals surface area contributed by atoms with Crippen LogP contribution in [-0.4, -0.2) is 24.1 Å². The summed E-state index contributed by atoms with van der Waals surface area (Å²) in [5, 5.41) is 0. The fraction of sp³-hybridized carbons (Fsp3) is 0.700. The first-order valence-corrected chi connectivity index (χ1v) is 4.76. The number of carbonyl (C=O) groups is 3. The van der Waals surface area contributed by atoms with E-state index >= 15 is 0 Å². The van der Waals surface area contributed by atoms with Gasteiger partial charge in [0.25, 0.3) is 0 Å². The SMILES string of the molecule is CCOC(=O)C1CC(=O)C(C(C)=O)C1. The molecular weight excluding hydrogens is 184 g/mol. The molecule has 14 heavy (non-hydrogen) atoms. The first-order chi connectivity index (χ1) is 6.56. The predicted molar refractivity (Wildman–Crippen MR) is 48.5 cm³/mol. The minimum Gasteiger partial charge on any atom is -0.466 e. The Morgan fingerprint density at radius 1 is 1.50 bits per heavy atom. The van der Waals surface area contributed by atoms with Crippen LogP contribution in [0.3, 0.4) is 0 Å². The monoisotopic (exact) mass is 198 g/mol. The van der Waals surface area contributed by atoms with Gasteiger partial charge in [0.05, 0.1) is 18.4 Å². The van der Waals surface area contributed by atoms with Crippen molar-refractivity contribution in [2.45, 2.75) is 26.7 Å². The van der Waals surface area contributed by atoms with E-state index in [1.54, 1.807) is 6.92 Å². The molecule has 0 aromatic rings. The molecule has 4 heteroatoms. The highest BCUT2D eigenvalue weighted by Gasteiger charge is 2.39. The minimum atomic E-state index is -0.579. The van der Waals surface area contributed by atoms with E-state index in [4.69, 9.17) is 4.74 Å². The molecular formula is C10H14O4. The van der Waals surface area contributed by atoms with Crippen molar-refractivity contribution in [1.29, 1.82) is 0 Å². The van der Waals surface area contributed by atoms with E-state index in [9.17, 15) is 14.4 Å². The van der Waals surface area contributed by atoms with Gasteiger partial charge in [-0.25, -0.2) is 0 Å². The second-order valence-corrected chi connectivity index (χ2v) is 3.52. The lowest BCUT2D eigenvalue weighted by molar-refractivity contribution is -0.148. The molecule has 1 aliphatic carbocycles. The van der Waals surface area contributed by atoms with Crippen molar-refractivity contribution >= 4 is 17.5 Å². The third-order valence-electron chi connectivity index (χ3n) is 2.47. The van der Waals surface area contributed by atoms with Gasteiger partial charge < -0.3 is 4.74 Å². The second kappa shape index (κ2) is 4.35. The maximum absolute atomic E-state index is 11.3. The Hall–Kier alpha value is -1.19. The van der Waals surface area contributed by atoms with Gasteiger partial charge in [-0.15, -0.1) is 0 Å². The molecule has 1 aliphatic rings. The largest absolute Gasteiger partial charge is 0.466 e. The quantitative estimate of drug-likeness (QED) is 0.495. The predicted octanol–water partition coefficient (Wildman–Crippen LogP) is 0.734. The Kier molecular flexibility index (Phi) is 3.38. The lowest BCUT2D eigenvalue weighted by Gasteiger charge is -2.07. The maximum Gasteiger partial charge on any atom is 0.309 e. The van der Waals surface area contributed by atoms with Crippen LogP contribution in [0.1, 0.15) is 26.7 Å². The van der Waals surface area contributed by atoms with Gasteiger partial charge in [0.15, 0.2) is 0 Å². The number of ether oxygens (including phenoxy) is 1. The van der Waals surface area contributed by atoms with Crippen LogP contribution in [0.15, 0.2) is 0 Å². The van der Waals surface area contributed by atoms with Crippen LogP contribution in [0.5, 0.6) is 0 Å². The summed E-state index contributed by atoms with van der Waals surface area (Å²) in [6.07, 6.45) is 0.482. The number of carbonyl (C=O) groups excluding carboxylic acids is 3. The average Bonchev–Trinajstić information content (AvgIpc) is 2.48. The van der Waals surface area contributed by atoms with E-state index < -0.39 is 11.8 Å². The number of esters is 1. The van der Waals surface area contributed by atoms with E-state index in [1.165, 1.54) is 6.92 Å². The number of ketones is 2. The first-order valence-electron chi connectivity index (χ1n) is 4.76. The van der Waals surface area contributed by atoms with E-state index in [1.807, 2.05) is 0 Å². The summed E-state index contributed by atoms with van der Waals surface area (Å²) in [7, 11) is 0. The van der Waals surface area contributed by atoms with Gasteiger partial charge in [0.1, 0.15) is 11.6 Å². The van der Waals surface area contributed by atoms with E-state index in [0.29, 0.717) is 13.0 Å². The van der Waals surface area contributed by atoms with Crippen molar-refractivity contribution in [3.05, 3.63) is 0 Å². The zero-order valence-corrected chi connectivity index (χ0v) is 8.41. The topological polar surface area (TPSA) is 60.4 Å². The molecule has 0 bridgehead atoms. The normalized spacial score (nSPS) is 26.3. The number of hydrogen-bond donors (Lipinski definition) is 0. The van der Waals surface area contributed by atoms with Gasteiger partial charge >= 0.3 is 5.97 Å². The Morgan fingerprint density at radius 2 is 2.14 bits per heavy atom. The summed E-state index contributed by atoms with van der Waals surface area (Å²) in [6, 6.07) is 0. The molecule has 0 radical (unpaired) electrons. The van der Waals surface area contributed by atoms with E-state index in [-0.39, 0.29) is 24.0 Å². The molecule has 0 aromatic heterocycles. The molecule has 0 amide bonds. The van der Waals surface area contributed by atoms with Crippen molar-refractivity contribution in [3.63, 3.8) is 0 Å². The third kappa shape index (κ3) is 2.19. The maximum atomic E-state index is 11.3. The first kappa shape index (κ1) is 10.9. The van der Waals surface area contributed by atoms with Gasteiger partial charge in [-0.3, -0.25) is 14.4 Å². The van der Waals surface area contributed by atoms with Crippen LogP contribution in [0.4, 0.5) is 0 Å². The minimum absolute atomic E-state index is 0.129. The standard InChI is InChI=1S/C10H14O4/c1-3-14-10(13)7-4-8(6(2)11)9(12)5-7/h7-8H,3-5H2,1-2H3. The molecule has 1 rings (SSSR count). The van der Waals surface area contributed by atoms with E-state index in [0.717, 1.165) is 0 Å². The lowest BCUT2D eigenvalue weighted by Crippen LogP contribution is -2.16. The molecule has 78 valence electrons. The van der Waals surface area contributed by atoms with Crippen LogP contribution in [0, 0.1) is 11.8 Å². The highest BCUT2D eigenvalue weighted by atomic mass is 16.5. The van der Waals surface area contributed by atoms with Crippen molar-refractivity contribution < 1.29 is 19.1 Å². The summed E-state index contributed by atoms with van der Waals surface area (Å²) < 4.78 is 4.80. The molecule has 2 atom stereocenters. The lowest BCUT2D eigenvalue weighted by atomic mass is 10.0. The fourth-order valence-electron chi connectivity index (χ4n) is 1.72. The van der Waals surface area contributed by atoms with Crippen LogP contribution in [0.2, 0.25) is 0 Å². The van der Waals surface area contributed by atoms with E-state index in [2.05, 4.69) is 0 Å². The summed E-state index contributed by atoms with van der Waals surface area (Å²) in [5.41, 5.74) is 0. The molecule has 0 aromatic carbocycles. The van der Waals surface area contributed by atoms with Crippen LogP contribution < -0.4 is 0 Å². The average molecular weight is 198 g/mol. The van der Waals surface area contributed by atoms with Crippen LogP contribution in [0.25, 0.3) is 0 Å². The smallest absolute Gasteiger partial charge is 0.309 e. The van der Waals surface area contributed by atoms with Crippen molar-refractivity contribution in [1.82, 2.24) is 0 Å². The van der Waals surface area contributed by atoms with Gasteiger partial charge in [-0.05, 0) is 20.3 Å². The zero-order valence-electron chi connectivity index (χ0n) is 8.41. The third-order valence-corrected chi connectivity index (χ3v) is 2.47. The van der Waals surface area contributed by atoms with Gasteiger partial charge in [0.2, 0.25) is 0 Å². The molecule has 2 unspecified atom stereocenters. The summed E-state index contributed by atoms with van der Waals surface area (Å²) in [4.78, 5) is 33.6. The molecule has 1 fully saturated rings. The number of rotatable bonds is 3. The Labute approximate surface area is 82.6 Å². The van der Waals surface area contributed by atoms with Crippen LogP contribution >= 0.6 is 0 Å². The second-order valence-electron chi connectivity index (χ2n) is 3.52. The Morgan fingerprint density at radius 3 is 2.57 bits per heavy atom.